The Labute approximate surface area is 237 Å². The molecule has 2 saturated heterocycles. The lowest BCUT2D eigenvalue weighted by Crippen LogP contribution is -2.45. The highest BCUT2D eigenvalue weighted by atomic mass is 16.5. The van der Waals surface area contributed by atoms with Crippen molar-refractivity contribution in [3.05, 3.63) is 66.5 Å². The van der Waals surface area contributed by atoms with E-state index < -0.39 is 0 Å². The first-order chi connectivity index (χ1) is 20.0. The number of anilines is 3. The zero-order chi connectivity index (χ0) is 28.3. The second-order valence-electron chi connectivity index (χ2n) is 10.3. The van der Waals surface area contributed by atoms with Gasteiger partial charge in [0.1, 0.15) is 5.82 Å². The number of likely N-dealkylation sites (tertiary alicyclic amines) is 1. The average Bonchev–Trinajstić information content (AvgIpc) is 3.62. The van der Waals surface area contributed by atoms with Crippen molar-refractivity contribution in [2.75, 3.05) is 54.9 Å². The van der Waals surface area contributed by atoms with Crippen LogP contribution in [-0.4, -0.2) is 86.9 Å². The minimum Gasteiger partial charge on any atom is -0.378 e. The van der Waals surface area contributed by atoms with Gasteiger partial charge in [0.05, 0.1) is 19.4 Å². The molecule has 12 heteroatoms. The van der Waals surface area contributed by atoms with Gasteiger partial charge >= 0.3 is 0 Å². The molecule has 0 aliphatic carbocycles. The van der Waals surface area contributed by atoms with E-state index in [1.54, 1.807) is 24.3 Å². The van der Waals surface area contributed by atoms with Crippen molar-refractivity contribution in [3.8, 4) is 11.1 Å². The van der Waals surface area contributed by atoms with E-state index in [4.69, 9.17) is 14.8 Å². The average molecular weight is 556 g/mol. The van der Waals surface area contributed by atoms with Crippen molar-refractivity contribution in [1.29, 1.82) is 0 Å². The Hall–Kier alpha value is -4.71. The van der Waals surface area contributed by atoms with Gasteiger partial charge in [-0.1, -0.05) is 6.58 Å². The van der Waals surface area contributed by atoms with Crippen LogP contribution >= 0.6 is 0 Å². The van der Waals surface area contributed by atoms with Crippen LogP contribution < -0.4 is 15.5 Å². The maximum Gasteiger partial charge on any atom is 0.253 e. The van der Waals surface area contributed by atoms with Gasteiger partial charge < -0.3 is 25.2 Å². The molecule has 2 aliphatic rings. The number of ether oxygens (including phenoxy) is 1. The molecule has 0 saturated carbocycles. The molecular formula is C29H33N9O3. The zero-order valence-corrected chi connectivity index (χ0v) is 23.0. The third-order valence-corrected chi connectivity index (χ3v) is 7.53. The summed E-state index contributed by atoms with van der Waals surface area (Å²) in [6.07, 6.45) is 4.82. The van der Waals surface area contributed by atoms with E-state index >= 15 is 0 Å². The maximum absolute atomic E-state index is 13.3. The monoisotopic (exact) mass is 555 g/mol. The van der Waals surface area contributed by atoms with Gasteiger partial charge in [-0.3, -0.25) is 14.7 Å². The van der Waals surface area contributed by atoms with Gasteiger partial charge in [-0.15, -0.1) is 5.10 Å². The zero-order valence-electron chi connectivity index (χ0n) is 23.0. The number of H-pyrrole nitrogens is 1. The molecule has 0 bridgehead atoms. The molecule has 4 aromatic rings. The minimum atomic E-state index is -0.292. The number of pyridine rings is 1. The number of aromatic amines is 1. The van der Waals surface area contributed by atoms with Crippen molar-refractivity contribution >= 4 is 34.9 Å². The second-order valence-corrected chi connectivity index (χ2v) is 10.3. The van der Waals surface area contributed by atoms with Crippen LogP contribution in [0.25, 0.3) is 16.8 Å². The summed E-state index contributed by atoms with van der Waals surface area (Å²) in [6.45, 7) is 9.50. The summed E-state index contributed by atoms with van der Waals surface area (Å²) in [5, 5.41) is 18.3. The second kappa shape index (κ2) is 11.4. The topological polar surface area (TPSA) is 133 Å². The molecule has 5 heterocycles. The Morgan fingerprint density at radius 1 is 1.10 bits per heavy atom. The number of nitrogens with zero attached hydrogens (tertiary/aromatic N) is 6. The SMILES string of the molecule is C=CC(=O)Nc1ccc(C(=O)N2CCC[C@@H](Nc3nc4ccc(-c5cn[nH]c5C)c(N5CCOCC5)n4n3)C2)cc1. The highest BCUT2D eigenvalue weighted by molar-refractivity contribution is 5.99. The molecule has 3 N–H and O–H groups in total. The van der Waals surface area contributed by atoms with Gasteiger partial charge in [0, 0.05) is 60.3 Å². The van der Waals surface area contributed by atoms with Gasteiger partial charge in [-0.2, -0.15) is 14.6 Å². The fraction of sp³-hybridized carbons (Fsp3) is 0.345. The van der Waals surface area contributed by atoms with Crippen LogP contribution in [0.15, 0.2) is 55.3 Å². The highest BCUT2D eigenvalue weighted by Crippen LogP contribution is 2.33. The summed E-state index contributed by atoms with van der Waals surface area (Å²) in [4.78, 5) is 33.7. The van der Waals surface area contributed by atoms with Crippen LogP contribution in [0.1, 0.15) is 28.9 Å². The van der Waals surface area contributed by atoms with E-state index in [2.05, 4.69) is 38.4 Å². The van der Waals surface area contributed by atoms with Gasteiger partial charge in [0.25, 0.3) is 5.91 Å². The third kappa shape index (κ3) is 5.50. The highest BCUT2D eigenvalue weighted by Gasteiger charge is 2.27. The minimum absolute atomic E-state index is 0.0127. The first-order valence-corrected chi connectivity index (χ1v) is 13.8. The standard InChI is InChI=1S/C29H33N9O3/c1-3-26(39)31-21-8-6-20(7-9-21)28(40)37-12-4-5-22(18-37)32-29-33-25-11-10-23(24-17-30-34-19(24)2)27(38(25)35-29)36-13-15-41-16-14-36/h3,6-11,17,22H,1,4-5,12-16,18H2,2H3,(H,30,34)(H,31,39)(H,32,35)/t22-/m1/s1. The van der Waals surface area contributed by atoms with Crippen molar-refractivity contribution in [2.24, 2.45) is 0 Å². The van der Waals surface area contributed by atoms with Crippen LogP contribution in [0.5, 0.6) is 0 Å². The van der Waals surface area contributed by atoms with Crippen LogP contribution in [0.4, 0.5) is 17.5 Å². The predicted octanol–water partition coefficient (Wildman–Crippen LogP) is 3.11. The number of fused-ring (bicyclic) bond motifs is 1. The summed E-state index contributed by atoms with van der Waals surface area (Å²) in [5.74, 6) is 1.15. The number of aryl methyl sites for hydroxylation is 1. The molecule has 2 aliphatic heterocycles. The van der Waals surface area contributed by atoms with Gasteiger partial charge in [0.2, 0.25) is 11.9 Å². The number of piperidine rings is 1. The molecule has 0 radical (unpaired) electrons. The summed E-state index contributed by atoms with van der Waals surface area (Å²) >= 11 is 0. The Balaban J connectivity index is 1.21. The Bertz CT molecular complexity index is 1570. The number of carbonyl (C=O) groups excluding carboxylic acids is 2. The fourth-order valence-corrected chi connectivity index (χ4v) is 5.44. The number of nitrogens with one attached hydrogen (secondary N) is 3. The molecule has 3 aromatic heterocycles. The molecule has 2 fully saturated rings. The smallest absolute Gasteiger partial charge is 0.253 e. The number of hydrogen-bond acceptors (Lipinski definition) is 8. The molecule has 0 unspecified atom stereocenters. The lowest BCUT2D eigenvalue weighted by Gasteiger charge is -2.33. The fourth-order valence-electron chi connectivity index (χ4n) is 5.44. The number of carbonyl (C=O) groups is 2. The summed E-state index contributed by atoms with van der Waals surface area (Å²) in [6, 6.07) is 11.0. The van der Waals surface area contributed by atoms with E-state index in [1.807, 2.05) is 28.6 Å². The van der Waals surface area contributed by atoms with E-state index in [0.717, 1.165) is 54.2 Å². The predicted molar refractivity (Wildman–Crippen MR) is 156 cm³/mol. The Morgan fingerprint density at radius 3 is 2.63 bits per heavy atom. The number of amides is 2. The van der Waals surface area contributed by atoms with Crippen LogP contribution in [-0.2, 0) is 9.53 Å². The van der Waals surface area contributed by atoms with Crippen molar-refractivity contribution in [2.45, 2.75) is 25.8 Å². The Kier molecular flexibility index (Phi) is 7.38. The van der Waals surface area contributed by atoms with E-state index in [1.165, 1.54) is 6.08 Å². The largest absolute Gasteiger partial charge is 0.378 e. The van der Waals surface area contributed by atoms with Gasteiger partial charge in [-0.25, -0.2) is 0 Å². The molecule has 6 rings (SSSR count). The Morgan fingerprint density at radius 2 is 1.90 bits per heavy atom. The van der Waals surface area contributed by atoms with Crippen LogP contribution in [0, 0.1) is 6.92 Å². The van der Waals surface area contributed by atoms with E-state index in [-0.39, 0.29) is 17.9 Å². The number of hydrogen-bond donors (Lipinski definition) is 3. The van der Waals surface area contributed by atoms with Crippen molar-refractivity contribution in [1.82, 2.24) is 29.7 Å². The third-order valence-electron chi connectivity index (χ3n) is 7.53. The first-order valence-electron chi connectivity index (χ1n) is 13.8. The first kappa shape index (κ1) is 26.5. The number of aromatic nitrogens is 5. The summed E-state index contributed by atoms with van der Waals surface area (Å²) in [5.41, 5.74) is 4.98. The number of benzene rings is 1. The van der Waals surface area contributed by atoms with Crippen LogP contribution in [0.3, 0.4) is 0 Å². The van der Waals surface area contributed by atoms with E-state index in [0.29, 0.717) is 43.5 Å². The molecule has 1 aromatic carbocycles. The van der Waals surface area contributed by atoms with E-state index in [9.17, 15) is 9.59 Å². The van der Waals surface area contributed by atoms with Gasteiger partial charge in [0.15, 0.2) is 5.65 Å². The maximum atomic E-state index is 13.3. The normalized spacial score (nSPS) is 17.4. The number of morpholine rings is 1. The molecule has 41 heavy (non-hydrogen) atoms. The quantitative estimate of drug-likeness (QED) is 0.297. The van der Waals surface area contributed by atoms with Crippen molar-refractivity contribution in [3.63, 3.8) is 0 Å². The van der Waals surface area contributed by atoms with Gasteiger partial charge in [-0.05, 0) is 62.2 Å². The summed E-state index contributed by atoms with van der Waals surface area (Å²) < 4.78 is 7.51. The molecule has 12 nitrogen and oxygen atoms in total. The lowest BCUT2D eigenvalue weighted by molar-refractivity contribution is -0.111. The van der Waals surface area contributed by atoms with Crippen LogP contribution in [0.2, 0.25) is 0 Å². The molecule has 1 atom stereocenters. The molecular weight excluding hydrogens is 522 g/mol. The molecule has 212 valence electrons. The molecule has 0 spiro atoms. The lowest BCUT2D eigenvalue weighted by atomic mass is 10.0. The number of rotatable bonds is 7. The van der Waals surface area contributed by atoms with Crippen molar-refractivity contribution < 1.29 is 14.3 Å². The summed E-state index contributed by atoms with van der Waals surface area (Å²) in [7, 11) is 0. The molecule has 2 amide bonds.